The van der Waals surface area contributed by atoms with Crippen LogP contribution >= 0.6 is 0 Å². The van der Waals surface area contributed by atoms with Crippen molar-refractivity contribution in [3.8, 4) is 0 Å². The van der Waals surface area contributed by atoms with Crippen LogP contribution in [0.4, 0.5) is 11.4 Å². The van der Waals surface area contributed by atoms with Crippen molar-refractivity contribution >= 4 is 28.4 Å². The van der Waals surface area contributed by atoms with Crippen LogP contribution in [0.2, 0.25) is 0 Å². The first-order valence-electron chi connectivity index (χ1n) is 7.17. The number of nitro benzene ring substituents is 1. The van der Waals surface area contributed by atoms with E-state index in [-0.39, 0.29) is 24.6 Å². The minimum absolute atomic E-state index is 0.0515. The molecule has 3 aromatic rings. The predicted octanol–water partition coefficient (Wildman–Crippen LogP) is 2.53. The molecule has 0 atom stereocenters. The first-order valence-corrected chi connectivity index (χ1v) is 7.17. The Kier molecular flexibility index (Phi) is 4.11. The number of oxazole rings is 1. The molecule has 0 fully saturated rings. The van der Waals surface area contributed by atoms with E-state index in [1.165, 1.54) is 28.8 Å². The molecule has 3 rings (SSSR count). The van der Waals surface area contributed by atoms with Gasteiger partial charge in [-0.1, -0.05) is 12.1 Å². The summed E-state index contributed by atoms with van der Waals surface area (Å²) in [6.45, 7) is 0.175. The Labute approximate surface area is 135 Å². The van der Waals surface area contributed by atoms with Gasteiger partial charge < -0.3 is 9.73 Å². The summed E-state index contributed by atoms with van der Waals surface area (Å²) in [5, 5.41) is 13.2. The fourth-order valence-corrected chi connectivity index (χ4v) is 2.33. The maximum Gasteiger partial charge on any atom is 0.419 e. The molecule has 8 heteroatoms. The summed E-state index contributed by atoms with van der Waals surface area (Å²) in [6, 6.07) is 12.5. The van der Waals surface area contributed by atoms with Gasteiger partial charge in [-0.2, -0.15) is 0 Å². The maximum atomic E-state index is 12.0. The second-order valence-electron chi connectivity index (χ2n) is 5.09. The van der Waals surface area contributed by atoms with Crippen LogP contribution in [0.25, 0.3) is 11.1 Å². The molecule has 1 heterocycles. The number of hydrogen-bond donors (Lipinski definition) is 1. The number of hydrogen-bond acceptors (Lipinski definition) is 5. The van der Waals surface area contributed by atoms with E-state index >= 15 is 0 Å². The van der Waals surface area contributed by atoms with Gasteiger partial charge in [-0.3, -0.25) is 19.5 Å². The second-order valence-corrected chi connectivity index (χ2v) is 5.09. The van der Waals surface area contributed by atoms with E-state index in [1.54, 1.807) is 24.3 Å². The minimum atomic E-state index is -0.515. The van der Waals surface area contributed by atoms with E-state index in [1.807, 2.05) is 0 Å². The molecule has 0 saturated carbocycles. The van der Waals surface area contributed by atoms with Crippen molar-refractivity contribution in [1.82, 2.24) is 4.57 Å². The fourth-order valence-electron chi connectivity index (χ4n) is 2.33. The van der Waals surface area contributed by atoms with E-state index in [0.29, 0.717) is 16.8 Å². The number of anilines is 1. The van der Waals surface area contributed by atoms with Crippen molar-refractivity contribution in [3.63, 3.8) is 0 Å². The topological polar surface area (TPSA) is 107 Å². The van der Waals surface area contributed by atoms with Gasteiger partial charge in [-0.25, -0.2) is 4.79 Å². The van der Waals surface area contributed by atoms with Crippen molar-refractivity contribution in [2.45, 2.75) is 13.0 Å². The lowest BCUT2D eigenvalue weighted by atomic mass is 10.2. The lowest BCUT2D eigenvalue weighted by molar-refractivity contribution is -0.384. The number of aromatic nitrogens is 1. The molecule has 2 aromatic carbocycles. The van der Waals surface area contributed by atoms with E-state index in [9.17, 15) is 19.7 Å². The van der Waals surface area contributed by atoms with Crippen LogP contribution < -0.4 is 11.1 Å². The third-order valence-electron chi connectivity index (χ3n) is 3.50. The number of nitro groups is 1. The Balaban J connectivity index is 1.66. The Morgan fingerprint density at radius 3 is 2.58 bits per heavy atom. The molecule has 0 aliphatic heterocycles. The van der Waals surface area contributed by atoms with Crippen LogP contribution in [-0.4, -0.2) is 15.4 Å². The molecule has 0 spiro atoms. The zero-order valence-corrected chi connectivity index (χ0v) is 12.5. The van der Waals surface area contributed by atoms with Crippen LogP contribution in [-0.2, 0) is 11.3 Å². The number of fused-ring (bicyclic) bond motifs is 1. The average Bonchev–Trinajstić information content (AvgIpc) is 2.88. The Hall–Kier alpha value is -3.42. The molecule has 122 valence electrons. The third-order valence-corrected chi connectivity index (χ3v) is 3.50. The number of para-hydroxylation sites is 2. The highest BCUT2D eigenvalue weighted by Crippen LogP contribution is 2.16. The minimum Gasteiger partial charge on any atom is -0.408 e. The van der Waals surface area contributed by atoms with Crippen LogP contribution in [0.5, 0.6) is 0 Å². The average molecular weight is 327 g/mol. The van der Waals surface area contributed by atoms with E-state index in [2.05, 4.69) is 5.32 Å². The molecule has 0 aliphatic carbocycles. The monoisotopic (exact) mass is 327 g/mol. The normalized spacial score (nSPS) is 10.7. The Bertz CT molecular complexity index is 956. The molecule has 0 bridgehead atoms. The maximum absolute atomic E-state index is 12.0. The summed E-state index contributed by atoms with van der Waals surface area (Å²) >= 11 is 0. The van der Waals surface area contributed by atoms with Gasteiger partial charge in [0, 0.05) is 30.8 Å². The lowest BCUT2D eigenvalue weighted by Gasteiger charge is -2.05. The van der Waals surface area contributed by atoms with Crippen LogP contribution in [0.1, 0.15) is 6.42 Å². The zero-order chi connectivity index (χ0) is 17.1. The van der Waals surface area contributed by atoms with Crippen molar-refractivity contribution in [3.05, 3.63) is 69.2 Å². The first kappa shape index (κ1) is 15.5. The van der Waals surface area contributed by atoms with Gasteiger partial charge in [0.1, 0.15) is 0 Å². The predicted molar refractivity (Wildman–Crippen MR) is 86.8 cm³/mol. The summed E-state index contributed by atoms with van der Waals surface area (Å²) < 4.78 is 6.49. The van der Waals surface area contributed by atoms with Gasteiger partial charge >= 0.3 is 5.76 Å². The molecule has 0 unspecified atom stereocenters. The standard InChI is InChI=1S/C16H13N3O5/c20-15(17-11-5-7-12(8-6-11)19(22)23)9-10-18-13-3-1-2-4-14(13)24-16(18)21/h1-8H,9-10H2,(H,17,20). The lowest BCUT2D eigenvalue weighted by Crippen LogP contribution is -2.19. The number of non-ortho nitro benzene ring substituents is 1. The van der Waals surface area contributed by atoms with Crippen molar-refractivity contribution in [1.29, 1.82) is 0 Å². The van der Waals surface area contributed by atoms with Gasteiger partial charge in [0.05, 0.1) is 10.4 Å². The summed E-state index contributed by atoms with van der Waals surface area (Å²) in [6.07, 6.45) is 0.0699. The highest BCUT2D eigenvalue weighted by Gasteiger charge is 2.11. The summed E-state index contributed by atoms with van der Waals surface area (Å²) in [5.74, 6) is -0.819. The highest BCUT2D eigenvalue weighted by atomic mass is 16.6. The Morgan fingerprint density at radius 2 is 1.88 bits per heavy atom. The second kappa shape index (κ2) is 6.37. The highest BCUT2D eigenvalue weighted by molar-refractivity contribution is 5.90. The van der Waals surface area contributed by atoms with Gasteiger partial charge in [0.15, 0.2) is 5.58 Å². The van der Waals surface area contributed by atoms with Crippen molar-refractivity contribution < 1.29 is 14.1 Å². The number of amides is 1. The molecule has 8 nitrogen and oxygen atoms in total. The molecule has 1 aromatic heterocycles. The molecular weight excluding hydrogens is 314 g/mol. The number of rotatable bonds is 5. The number of carbonyl (C=O) groups is 1. The molecule has 24 heavy (non-hydrogen) atoms. The summed E-state index contributed by atoms with van der Waals surface area (Å²) in [4.78, 5) is 33.9. The van der Waals surface area contributed by atoms with Crippen LogP contribution in [0, 0.1) is 10.1 Å². The number of aryl methyl sites for hydroxylation is 1. The SMILES string of the molecule is O=C(CCn1c(=O)oc2ccccc21)Nc1ccc([N+](=O)[O-])cc1. The zero-order valence-electron chi connectivity index (χ0n) is 12.5. The van der Waals surface area contributed by atoms with Gasteiger partial charge in [-0.05, 0) is 24.3 Å². The van der Waals surface area contributed by atoms with Gasteiger partial charge in [0.25, 0.3) is 5.69 Å². The smallest absolute Gasteiger partial charge is 0.408 e. The molecular formula is C16H13N3O5. The number of nitrogens with one attached hydrogen (secondary N) is 1. The van der Waals surface area contributed by atoms with Gasteiger partial charge in [0.2, 0.25) is 5.91 Å². The van der Waals surface area contributed by atoms with Gasteiger partial charge in [-0.15, -0.1) is 0 Å². The summed E-state index contributed by atoms with van der Waals surface area (Å²) in [5.41, 5.74) is 1.50. The first-order chi connectivity index (χ1) is 11.5. The molecule has 1 amide bonds. The van der Waals surface area contributed by atoms with Crippen molar-refractivity contribution in [2.75, 3.05) is 5.32 Å². The molecule has 0 saturated heterocycles. The fraction of sp³-hybridized carbons (Fsp3) is 0.125. The number of nitrogens with zero attached hydrogens (tertiary/aromatic N) is 2. The number of benzene rings is 2. The molecule has 0 aliphatic rings. The van der Waals surface area contributed by atoms with Crippen LogP contribution in [0.15, 0.2) is 57.7 Å². The largest absolute Gasteiger partial charge is 0.419 e. The molecule has 0 radical (unpaired) electrons. The van der Waals surface area contributed by atoms with Crippen LogP contribution in [0.3, 0.4) is 0 Å². The Morgan fingerprint density at radius 1 is 1.17 bits per heavy atom. The van der Waals surface area contributed by atoms with E-state index in [0.717, 1.165) is 0 Å². The number of carbonyl (C=O) groups excluding carboxylic acids is 1. The quantitative estimate of drug-likeness (QED) is 0.572. The van der Waals surface area contributed by atoms with E-state index in [4.69, 9.17) is 4.42 Å². The third kappa shape index (κ3) is 3.17. The van der Waals surface area contributed by atoms with E-state index < -0.39 is 10.7 Å². The summed E-state index contributed by atoms with van der Waals surface area (Å²) in [7, 11) is 0. The van der Waals surface area contributed by atoms with Crippen molar-refractivity contribution in [2.24, 2.45) is 0 Å². The molecule has 1 N–H and O–H groups in total.